The van der Waals surface area contributed by atoms with Gasteiger partial charge in [-0.05, 0) is 17.7 Å². The molecule has 0 radical (unpaired) electrons. The standard InChI is InChI=1S/C18H22O9/c1-9(19)25-8-13-17(26-10(2)20)15(22)14(21)16(27-13)11-5-4-6-12(7-11)18(23)24-3/h4-7,13-17,21-22H,8H2,1-3H3/t13-,14-,15-,16-,17-/m1/s1. The minimum Gasteiger partial charge on any atom is -0.465 e. The lowest BCUT2D eigenvalue weighted by molar-refractivity contribution is -0.242. The normalized spacial score (nSPS) is 27.5. The second kappa shape index (κ2) is 8.94. The van der Waals surface area contributed by atoms with Crippen molar-refractivity contribution in [2.45, 2.75) is 44.4 Å². The Bertz CT molecular complexity index is 702. The van der Waals surface area contributed by atoms with E-state index < -0.39 is 48.4 Å². The number of carbonyl (C=O) groups is 3. The Balaban J connectivity index is 2.31. The van der Waals surface area contributed by atoms with E-state index in [9.17, 15) is 24.6 Å². The number of esters is 3. The maximum Gasteiger partial charge on any atom is 0.337 e. The van der Waals surface area contributed by atoms with Gasteiger partial charge >= 0.3 is 17.9 Å². The van der Waals surface area contributed by atoms with Crippen LogP contribution in [-0.2, 0) is 28.5 Å². The third-order valence-electron chi connectivity index (χ3n) is 4.07. The molecule has 1 heterocycles. The van der Waals surface area contributed by atoms with Gasteiger partial charge in [-0.3, -0.25) is 9.59 Å². The van der Waals surface area contributed by atoms with Crippen LogP contribution in [0.15, 0.2) is 24.3 Å². The van der Waals surface area contributed by atoms with Crippen molar-refractivity contribution < 1.29 is 43.5 Å². The first-order valence-corrected chi connectivity index (χ1v) is 8.25. The number of aliphatic hydroxyl groups excluding tert-OH is 2. The highest BCUT2D eigenvalue weighted by molar-refractivity contribution is 5.89. The van der Waals surface area contributed by atoms with Crippen molar-refractivity contribution in [2.75, 3.05) is 13.7 Å². The van der Waals surface area contributed by atoms with E-state index >= 15 is 0 Å². The smallest absolute Gasteiger partial charge is 0.337 e. The number of methoxy groups -OCH3 is 1. The van der Waals surface area contributed by atoms with Gasteiger partial charge in [-0.1, -0.05) is 12.1 Å². The Morgan fingerprint density at radius 2 is 1.81 bits per heavy atom. The zero-order valence-corrected chi connectivity index (χ0v) is 15.2. The summed E-state index contributed by atoms with van der Waals surface area (Å²) in [7, 11) is 1.24. The Labute approximate surface area is 155 Å². The fraction of sp³-hybridized carbons (Fsp3) is 0.500. The van der Waals surface area contributed by atoms with Crippen LogP contribution in [0, 0.1) is 0 Å². The molecule has 2 N–H and O–H groups in total. The van der Waals surface area contributed by atoms with E-state index in [2.05, 4.69) is 4.74 Å². The number of hydrogen-bond acceptors (Lipinski definition) is 9. The van der Waals surface area contributed by atoms with Crippen molar-refractivity contribution in [1.29, 1.82) is 0 Å². The first-order valence-electron chi connectivity index (χ1n) is 8.25. The maximum absolute atomic E-state index is 11.7. The van der Waals surface area contributed by atoms with E-state index in [4.69, 9.17) is 14.2 Å². The lowest BCUT2D eigenvalue weighted by Gasteiger charge is -2.42. The second-order valence-corrected chi connectivity index (χ2v) is 6.07. The zero-order chi connectivity index (χ0) is 20.1. The summed E-state index contributed by atoms with van der Waals surface area (Å²) in [5.41, 5.74) is 0.637. The molecular formula is C18H22O9. The van der Waals surface area contributed by atoms with E-state index in [0.717, 1.165) is 6.92 Å². The molecule has 27 heavy (non-hydrogen) atoms. The Hall–Kier alpha value is -2.49. The van der Waals surface area contributed by atoms with E-state index in [0.29, 0.717) is 5.56 Å². The highest BCUT2D eigenvalue weighted by Gasteiger charge is 2.47. The molecular weight excluding hydrogens is 360 g/mol. The van der Waals surface area contributed by atoms with Gasteiger partial charge in [-0.25, -0.2) is 4.79 Å². The van der Waals surface area contributed by atoms with Crippen molar-refractivity contribution in [3.05, 3.63) is 35.4 Å². The molecule has 2 rings (SSSR count). The van der Waals surface area contributed by atoms with Crippen LogP contribution in [0.5, 0.6) is 0 Å². The van der Waals surface area contributed by atoms with Gasteiger partial charge in [0.15, 0.2) is 6.10 Å². The molecule has 1 fully saturated rings. The fourth-order valence-corrected chi connectivity index (χ4v) is 2.85. The number of ether oxygens (including phenoxy) is 4. The lowest BCUT2D eigenvalue weighted by atomic mass is 9.90. The third kappa shape index (κ3) is 5.03. The van der Waals surface area contributed by atoms with E-state index in [-0.39, 0.29) is 12.2 Å². The molecule has 0 aliphatic carbocycles. The van der Waals surface area contributed by atoms with Gasteiger partial charge in [0.2, 0.25) is 0 Å². The lowest BCUT2D eigenvalue weighted by Crippen LogP contribution is -2.57. The predicted octanol–water partition coefficient (Wildman–Crippen LogP) is 0.130. The summed E-state index contributed by atoms with van der Waals surface area (Å²) in [6, 6.07) is 6.16. The third-order valence-corrected chi connectivity index (χ3v) is 4.07. The van der Waals surface area contributed by atoms with E-state index in [1.165, 1.54) is 26.2 Å². The van der Waals surface area contributed by atoms with Gasteiger partial charge in [0, 0.05) is 13.8 Å². The highest BCUT2D eigenvalue weighted by Crippen LogP contribution is 2.34. The summed E-state index contributed by atoms with van der Waals surface area (Å²) in [5, 5.41) is 20.9. The van der Waals surface area contributed by atoms with Gasteiger partial charge < -0.3 is 29.2 Å². The largest absolute Gasteiger partial charge is 0.465 e. The number of benzene rings is 1. The van der Waals surface area contributed by atoms with Gasteiger partial charge in [0.05, 0.1) is 12.7 Å². The molecule has 0 unspecified atom stereocenters. The van der Waals surface area contributed by atoms with Crippen molar-refractivity contribution in [3.63, 3.8) is 0 Å². The molecule has 0 bridgehead atoms. The van der Waals surface area contributed by atoms with Crippen molar-refractivity contribution in [2.24, 2.45) is 0 Å². The van der Waals surface area contributed by atoms with Crippen LogP contribution in [0.2, 0.25) is 0 Å². The van der Waals surface area contributed by atoms with Crippen LogP contribution < -0.4 is 0 Å². The number of aliphatic hydroxyl groups is 2. The summed E-state index contributed by atoms with van der Waals surface area (Å²) >= 11 is 0. The highest BCUT2D eigenvalue weighted by atomic mass is 16.6. The number of hydrogen-bond donors (Lipinski definition) is 2. The Morgan fingerprint density at radius 3 is 2.41 bits per heavy atom. The molecule has 1 aliphatic rings. The molecule has 0 spiro atoms. The molecule has 148 valence electrons. The van der Waals surface area contributed by atoms with Gasteiger partial charge in [0.1, 0.15) is 31.0 Å². The average Bonchev–Trinajstić information content (AvgIpc) is 2.63. The molecule has 0 aromatic heterocycles. The van der Waals surface area contributed by atoms with Gasteiger partial charge in [0.25, 0.3) is 0 Å². The first-order chi connectivity index (χ1) is 12.7. The quantitative estimate of drug-likeness (QED) is 0.539. The summed E-state index contributed by atoms with van der Waals surface area (Å²) in [6.07, 6.45) is -6.22. The number of carbonyl (C=O) groups excluding carboxylic acids is 3. The second-order valence-electron chi connectivity index (χ2n) is 6.07. The van der Waals surface area contributed by atoms with Crippen LogP contribution >= 0.6 is 0 Å². The summed E-state index contributed by atoms with van der Waals surface area (Å²) < 4.78 is 20.4. The van der Waals surface area contributed by atoms with Crippen molar-refractivity contribution in [3.8, 4) is 0 Å². The summed E-state index contributed by atoms with van der Waals surface area (Å²) in [4.78, 5) is 34.2. The van der Waals surface area contributed by atoms with Crippen LogP contribution in [0.3, 0.4) is 0 Å². The molecule has 1 aromatic rings. The molecule has 1 saturated heterocycles. The average molecular weight is 382 g/mol. The SMILES string of the molecule is COC(=O)c1cccc([C@H]2O[C@H](COC(C)=O)[C@@H](OC(C)=O)[C@H](O)[C@H]2O)c1. The first kappa shape index (κ1) is 20.8. The zero-order valence-electron chi connectivity index (χ0n) is 15.2. The minimum absolute atomic E-state index is 0.235. The van der Waals surface area contributed by atoms with E-state index in [1.54, 1.807) is 12.1 Å². The predicted molar refractivity (Wildman–Crippen MR) is 89.6 cm³/mol. The monoisotopic (exact) mass is 382 g/mol. The fourth-order valence-electron chi connectivity index (χ4n) is 2.85. The Morgan fingerprint density at radius 1 is 1.11 bits per heavy atom. The van der Waals surface area contributed by atoms with Crippen molar-refractivity contribution >= 4 is 17.9 Å². The van der Waals surface area contributed by atoms with Gasteiger partial charge in [-0.15, -0.1) is 0 Å². The number of rotatable bonds is 5. The molecule has 0 amide bonds. The summed E-state index contributed by atoms with van der Waals surface area (Å²) in [5.74, 6) is -1.84. The van der Waals surface area contributed by atoms with Crippen LogP contribution in [0.25, 0.3) is 0 Å². The van der Waals surface area contributed by atoms with Crippen LogP contribution in [-0.4, -0.2) is 66.3 Å². The minimum atomic E-state index is -1.49. The molecule has 1 aliphatic heterocycles. The Kier molecular flexibility index (Phi) is 6.89. The molecule has 1 aromatic carbocycles. The van der Waals surface area contributed by atoms with Crippen LogP contribution in [0.4, 0.5) is 0 Å². The maximum atomic E-state index is 11.7. The summed E-state index contributed by atoms with van der Waals surface area (Å²) in [6.45, 7) is 2.06. The van der Waals surface area contributed by atoms with Crippen LogP contribution in [0.1, 0.15) is 35.9 Å². The van der Waals surface area contributed by atoms with E-state index in [1.807, 2.05) is 0 Å². The molecule has 9 nitrogen and oxygen atoms in total. The molecule has 9 heteroatoms. The molecule has 5 atom stereocenters. The topological polar surface area (TPSA) is 129 Å². The van der Waals surface area contributed by atoms with Gasteiger partial charge in [-0.2, -0.15) is 0 Å². The molecule has 0 saturated carbocycles. The van der Waals surface area contributed by atoms with Crippen molar-refractivity contribution in [1.82, 2.24) is 0 Å².